The van der Waals surface area contributed by atoms with Crippen molar-refractivity contribution in [3.05, 3.63) is 17.9 Å². The second kappa shape index (κ2) is 5.36. The number of furan rings is 1. The molecular formula is C6H5BF3KO3. The van der Waals surface area contributed by atoms with E-state index in [4.69, 9.17) is 0 Å². The van der Waals surface area contributed by atoms with E-state index in [0.717, 1.165) is 13.4 Å². The van der Waals surface area contributed by atoms with Crippen LogP contribution in [0.15, 0.2) is 16.7 Å². The first-order chi connectivity index (χ1) is 5.95. The van der Waals surface area contributed by atoms with Gasteiger partial charge in [-0.1, -0.05) is 0 Å². The fraction of sp³-hybridized carbons (Fsp3) is 0.167. The van der Waals surface area contributed by atoms with Crippen molar-refractivity contribution in [3.8, 4) is 0 Å². The third-order valence-electron chi connectivity index (χ3n) is 1.36. The molecule has 0 aliphatic heterocycles. The Morgan fingerprint density at radius 3 is 2.43 bits per heavy atom. The van der Waals surface area contributed by atoms with E-state index in [-0.39, 0.29) is 56.9 Å². The van der Waals surface area contributed by atoms with E-state index in [1.165, 1.54) is 0 Å². The Labute approximate surface area is 120 Å². The third kappa shape index (κ3) is 3.43. The maximum atomic E-state index is 12.0. The van der Waals surface area contributed by atoms with Gasteiger partial charge in [0.05, 0.1) is 12.7 Å². The fourth-order valence-corrected chi connectivity index (χ4v) is 0.749. The monoisotopic (exact) mass is 232 g/mol. The number of halogens is 3. The van der Waals surface area contributed by atoms with Gasteiger partial charge in [0.2, 0.25) is 0 Å². The van der Waals surface area contributed by atoms with Crippen LogP contribution in [0.2, 0.25) is 0 Å². The van der Waals surface area contributed by atoms with Crippen LogP contribution in [0, 0.1) is 0 Å². The van der Waals surface area contributed by atoms with Gasteiger partial charge in [0, 0.05) is 5.66 Å². The van der Waals surface area contributed by atoms with Crippen molar-refractivity contribution in [3.63, 3.8) is 0 Å². The van der Waals surface area contributed by atoms with Gasteiger partial charge in [0.25, 0.3) is 0 Å². The summed E-state index contributed by atoms with van der Waals surface area (Å²) in [5, 5.41) is 0. The van der Waals surface area contributed by atoms with Crippen LogP contribution in [0.1, 0.15) is 10.4 Å². The van der Waals surface area contributed by atoms with Crippen molar-refractivity contribution in [2.45, 2.75) is 0 Å². The summed E-state index contributed by atoms with van der Waals surface area (Å²) in [5.74, 6) is -0.852. The summed E-state index contributed by atoms with van der Waals surface area (Å²) in [7, 11) is 1.08. The van der Waals surface area contributed by atoms with E-state index >= 15 is 0 Å². The van der Waals surface area contributed by atoms with Crippen LogP contribution in [0.3, 0.4) is 0 Å². The molecule has 1 heterocycles. The van der Waals surface area contributed by atoms with Crippen LogP contribution in [-0.4, -0.2) is 20.1 Å². The predicted molar refractivity (Wildman–Crippen MR) is 38.8 cm³/mol. The zero-order chi connectivity index (χ0) is 10.1. The molecule has 3 nitrogen and oxygen atoms in total. The second-order valence-corrected chi connectivity index (χ2v) is 2.30. The minimum atomic E-state index is -5.19. The molecule has 0 aromatic carbocycles. The number of carbonyl (C=O) groups is 1. The van der Waals surface area contributed by atoms with Gasteiger partial charge in [-0.2, -0.15) is 0 Å². The molecule has 1 rings (SSSR count). The van der Waals surface area contributed by atoms with Gasteiger partial charge in [-0.25, -0.2) is 4.79 Å². The Kier molecular flexibility index (Phi) is 5.45. The van der Waals surface area contributed by atoms with Crippen molar-refractivity contribution in [2.24, 2.45) is 0 Å². The second-order valence-electron chi connectivity index (χ2n) is 2.30. The normalized spacial score (nSPS) is 10.6. The van der Waals surface area contributed by atoms with Crippen LogP contribution in [0.25, 0.3) is 0 Å². The van der Waals surface area contributed by atoms with E-state index < -0.39 is 18.6 Å². The molecule has 0 unspecified atom stereocenters. The SMILES string of the molecule is COC(=O)c1coc([B-](F)(F)F)c1.[K+]. The van der Waals surface area contributed by atoms with Crippen LogP contribution >= 0.6 is 0 Å². The Hall–Kier alpha value is 0.241. The molecule has 1 aromatic rings. The molecule has 0 atom stereocenters. The quantitative estimate of drug-likeness (QED) is 0.442. The van der Waals surface area contributed by atoms with Crippen molar-refractivity contribution in [2.75, 3.05) is 7.11 Å². The smallest absolute Gasteiger partial charge is 0.500 e. The van der Waals surface area contributed by atoms with Crippen molar-refractivity contribution in [1.29, 1.82) is 0 Å². The molecule has 0 amide bonds. The zero-order valence-corrected chi connectivity index (χ0v) is 10.7. The molecule has 0 radical (unpaired) electrons. The van der Waals surface area contributed by atoms with Crippen molar-refractivity contribution >= 4 is 18.6 Å². The van der Waals surface area contributed by atoms with Crippen molar-refractivity contribution < 1.29 is 78.3 Å². The third-order valence-corrected chi connectivity index (χ3v) is 1.36. The van der Waals surface area contributed by atoms with Gasteiger partial charge < -0.3 is 22.1 Å². The molecular weight excluding hydrogens is 227 g/mol. The molecule has 14 heavy (non-hydrogen) atoms. The Morgan fingerprint density at radius 1 is 1.50 bits per heavy atom. The van der Waals surface area contributed by atoms with Crippen LogP contribution in [-0.2, 0) is 4.74 Å². The standard InChI is InChI=1S/C6H5BF3O3.K/c1-12-6(11)4-2-5(13-3-4)7(8,9)10;/h2-3H,1H3;/q-1;+1. The summed E-state index contributed by atoms with van der Waals surface area (Å²) in [6.45, 7) is -5.19. The van der Waals surface area contributed by atoms with Gasteiger partial charge >= 0.3 is 64.3 Å². The molecule has 1 aromatic heterocycles. The molecule has 72 valence electrons. The maximum absolute atomic E-state index is 12.0. The van der Waals surface area contributed by atoms with E-state index in [1.807, 2.05) is 0 Å². The summed E-state index contributed by atoms with van der Waals surface area (Å²) in [5.41, 5.74) is -1.39. The Balaban J connectivity index is 0.00000169. The average Bonchev–Trinajstić information content (AvgIpc) is 2.50. The summed E-state index contributed by atoms with van der Waals surface area (Å²) in [4.78, 5) is 10.7. The van der Waals surface area contributed by atoms with E-state index in [1.54, 1.807) is 0 Å². The molecule has 0 N–H and O–H groups in total. The topological polar surface area (TPSA) is 39.4 Å². The Bertz CT molecular complexity index is 322. The number of carbonyl (C=O) groups excluding carboxylic acids is 1. The number of hydrogen-bond acceptors (Lipinski definition) is 3. The summed E-state index contributed by atoms with van der Waals surface area (Å²) < 4.78 is 44.3. The van der Waals surface area contributed by atoms with E-state index in [9.17, 15) is 17.7 Å². The zero-order valence-electron chi connectivity index (χ0n) is 7.59. The number of esters is 1. The van der Waals surface area contributed by atoms with E-state index in [2.05, 4.69) is 9.15 Å². The van der Waals surface area contributed by atoms with Gasteiger partial charge in [-0.05, 0) is 6.07 Å². The van der Waals surface area contributed by atoms with Gasteiger partial charge in [-0.15, -0.1) is 0 Å². The van der Waals surface area contributed by atoms with Gasteiger partial charge in [-0.3, -0.25) is 0 Å². The first-order valence-corrected chi connectivity index (χ1v) is 3.32. The fourth-order valence-electron chi connectivity index (χ4n) is 0.749. The predicted octanol–water partition coefficient (Wildman–Crippen LogP) is -1.88. The van der Waals surface area contributed by atoms with Crippen LogP contribution in [0.4, 0.5) is 12.9 Å². The van der Waals surface area contributed by atoms with Gasteiger partial charge in [0.15, 0.2) is 0 Å². The number of ether oxygens (including phenoxy) is 1. The first-order valence-electron chi connectivity index (χ1n) is 3.32. The average molecular weight is 232 g/mol. The number of rotatable bonds is 2. The van der Waals surface area contributed by atoms with Crippen LogP contribution < -0.4 is 57.0 Å². The van der Waals surface area contributed by atoms with Gasteiger partial charge in [0.1, 0.15) is 6.26 Å². The largest absolute Gasteiger partial charge is 1.00 e. The maximum Gasteiger partial charge on any atom is 1.00 e. The minimum absolute atomic E-state index is 0. The number of hydrogen-bond donors (Lipinski definition) is 0. The molecule has 0 spiro atoms. The summed E-state index contributed by atoms with van der Waals surface area (Å²) in [6.07, 6.45) is 0.719. The molecule has 0 bridgehead atoms. The minimum Gasteiger partial charge on any atom is -0.500 e. The first kappa shape index (κ1) is 14.2. The number of methoxy groups -OCH3 is 1. The Morgan fingerprint density at radius 2 is 2.07 bits per heavy atom. The molecule has 0 saturated carbocycles. The van der Waals surface area contributed by atoms with Crippen molar-refractivity contribution in [1.82, 2.24) is 0 Å². The summed E-state index contributed by atoms with van der Waals surface area (Å²) in [6, 6.07) is 0.617. The summed E-state index contributed by atoms with van der Waals surface area (Å²) >= 11 is 0. The molecule has 0 aliphatic carbocycles. The molecule has 8 heteroatoms. The van der Waals surface area contributed by atoms with Crippen LogP contribution in [0.5, 0.6) is 0 Å². The van der Waals surface area contributed by atoms with E-state index in [0.29, 0.717) is 6.07 Å². The molecule has 0 fully saturated rings. The molecule has 0 saturated heterocycles. The molecule has 0 aliphatic rings.